The van der Waals surface area contributed by atoms with Crippen LogP contribution in [-0.2, 0) is 6.18 Å². The van der Waals surface area contributed by atoms with E-state index in [0.717, 1.165) is 6.07 Å². The average Bonchev–Trinajstić information content (AvgIpc) is 2.38. The lowest BCUT2D eigenvalue weighted by molar-refractivity contribution is -0.137. The topological polar surface area (TPSA) is 50.9 Å². The molecule has 0 aliphatic heterocycles. The third-order valence-corrected chi connectivity index (χ3v) is 2.44. The minimum atomic E-state index is -4.41. The van der Waals surface area contributed by atoms with Gasteiger partial charge in [0.2, 0.25) is 0 Å². The number of nitrogens with two attached hydrogens (primary N) is 1. The van der Waals surface area contributed by atoms with Crippen LogP contribution in [-0.4, -0.2) is 4.98 Å². The Kier molecular flexibility index (Phi) is 3.20. The summed E-state index contributed by atoms with van der Waals surface area (Å²) in [7, 11) is 0. The van der Waals surface area contributed by atoms with E-state index in [2.05, 4.69) is 10.4 Å². The first-order chi connectivity index (χ1) is 8.52. The van der Waals surface area contributed by atoms with Crippen molar-refractivity contribution in [3.05, 3.63) is 48.2 Å². The van der Waals surface area contributed by atoms with Gasteiger partial charge >= 0.3 is 6.18 Å². The van der Waals surface area contributed by atoms with Crippen LogP contribution in [0.3, 0.4) is 0 Å². The molecule has 0 radical (unpaired) electrons. The number of anilines is 1. The van der Waals surface area contributed by atoms with Gasteiger partial charge in [-0.3, -0.25) is 10.8 Å². The van der Waals surface area contributed by atoms with Crippen molar-refractivity contribution in [2.45, 2.75) is 6.18 Å². The fraction of sp³-hybridized carbons (Fsp3) is 0.0833. The molecular weight excluding hydrogens is 243 g/mol. The molecule has 1 aromatic carbocycles. The Bertz CT molecular complexity index is 552. The second-order valence-electron chi connectivity index (χ2n) is 3.62. The van der Waals surface area contributed by atoms with E-state index in [1.807, 2.05) is 0 Å². The number of aromatic nitrogens is 1. The van der Waals surface area contributed by atoms with E-state index in [-0.39, 0.29) is 11.3 Å². The number of benzene rings is 1. The molecule has 0 fully saturated rings. The number of hydrazine groups is 1. The van der Waals surface area contributed by atoms with Crippen LogP contribution in [0.5, 0.6) is 0 Å². The molecule has 2 rings (SSSR count). The Hall–Kier alpha value is -2.08. The van der Waals surface area contributed by atoms with Gasteiger partial charge in [-0.05, 0) is 18.2 Å². The molecule has 6 heteroatoms. The maximum Gasteiger partial charge on any atom is 0.417 e. The number of rotatable bonds is 2. The summed E-state index contributed by atoms with van der Waals surface area (Å²) < 4.78 is 38.5. The molecule has 0 saturated carbocycles. The molecule has 2 aromatic rings. The minimum absolute atomic E-state index is 0.0297. The van der Waals surface area contributed by atoms with E-state index in [1.165, 1.54) is 30.5 Å². The summed E-state index contributed by atoms with van der Waals surface area (Å²) in [5.41, 5.74) is 2.41. The standard InChI is InChI=1S/C12H10F3N3/c13-12(14,15)10-4-2-1-3-9(10)11-7-8(18-16)5-6-17-11/h1-7H,16H2,(H,17,18). The normalized spacial score (nSPS) is 11.3. The lowest BCUT2D eigenvalue weighted by Gasteiger charge is -2.12. The molecule has 0 amide bonds. The maximum absolute atomic E-state index is 12.8. The fourth-order valence-electron chi connectivity index (χ4n) is 1.62. The molecule has 0 saturated heterocycles. The molecule has 1 aromatic heterocycles. The number of nitrogen functional groups attached to an aromatic ring is 1. The van der Waals surface area contributed by atoms with Crippen LogP contribution in [0.15, 0.2) is 42.6 Å². The number of alkyl halides is 3. The van der Waals surface area contributed by atoms with Crippen molar-refractivity contribution in [2.75, 3.05) is 5.43 Å². The van der Waals surface area contributed by atoms with Gasteiger partial charge in [-0.2, -0.15) is 13.2 Å². The van der Waals surface area contributed by atoms with Crippen LogP contribution >= 0.6 is 0 Å². The Balaban J connectivity index is 2.57. The summed E-state index contributed by atoms with van der Waals surface area (Å²) in [5.74, 6) is 5.22. The molecule has 0 spiro atoms. The van der Waals surface area contributed by atoms with Gasteiger partial charge in [0.25, 0.3) is 0 Å². The molecule has 0 atom stereocenters. The number of hydrogen-bond donors (Lipinski definition) is 2. The van der Waals surface area contributed by atoms with Gasteiger partial charge in [0.05, 0.1) is 16.9 Å². The predicted molar refractivity (Wildman–Crippen MR) is 62.5 cm³/mol. The van der Waals surface area contributed by atoms with Gasteiger partial charge in [-0.1, -0.05) is 18.2 Å². The second kappa shape index (κ2) is 4.66. The van der Waals surface area contributed by atoms with E-state index in [1.54, 1.807) is 6.07 Å². The SMILES string of the molecule is NNc1ccnc(-c2ccccc2C(F)(F)F)c1. The minimum Gasteiger partial charge on any atom is -0.324 e. The number of nitrogens with zero attached hydrogens (tertiary/aromatic N) is 1. The summed E-state index contributed by atoms with van der Waals surface area (Å²) in [6.45, 7) is 0. The summed E-state index contributed by atoms with van der Waals surface area (Å²) in [6.07, 6.45) is -3.01. The van der Waals surface area contributed by atoms with Crippen LogP contribution in [0.2, 0.25) is 0 Å². The van der Waals surface area contributed by atoms with Gasteiger partial charge in [0, 0.05) is 11.8 Å². The molecule has 0 unspecified atom stereocenters. The van der Waals surface area contributed by atoms with Crippen molar-refractivity contribution < 1.29 is 13.2 Å². The molecule has 0 aliphatic carbocycles. The first-order valence-electron chi connectivity index (χ1n) is 5.11. The first-order valence-corrected chi connectivity index (χ1v) is 5.11. The zero-order chi connectivity index (χ0) is 13.2. The zero-order valence-corrected chi connectivity index (χ0v) is 9.20. The van der Waals surface area contributed by atoms with E-state index < -0.39 is 11.7 Å². The number of pyridine rings is 1. The van der Waals surface area contributed by atoms with Gasteiger partial charge in [0.15, 0.2) is 0 Å². The highest BCUT2D eigenvalue weighted by molar-refractivity contribution is 5.67. The Morgan fingerprint density at radius 2 is 1.83 bits per heavy atom. The van der Waals surface area contributed by atoms with Crippen molar-refractivity contribution in [3.63, 3.8) is 0 Å². The van der Waals surface area contributed by atoms with Crippen molar-refractivity contribution in [3.8, 4) is 11.3 Å². The lowest BCUT2D eigenvalue weighted by Crippen LogP contribution is -2.09. The summed E-state index contributed by atoms with van der Waals surface area (Å²) in [5, 5.41) is 0. The molecule has 3 N–H and O–H groups in total. The Morgan fingerprint density at radius 1 is 1.11 bits per heavy atom. The Labute approximate surface area is 101 Å². The third kappa shape index (κ3) is 2.43. The third-order valence-electron chi connectivity index (χ3n) is 2.44. The van der Waals surface area contributed by atoms with Gasteiger partial charge in [0.1, 0.15) is 0 Å². The molecule has 1 heterocycles. The second-order valence-corrected chi connectivity index (χ2v) is 3.62. The van der Waals surface area contributed by atoms with E-state index >= 15 is 0 Å². The molecule has 3 nitrogen and oxygen atoms in total. The average molecular weight is 253 g/mol. The summed E-state index contributed by atoms with van der Waals surface area (Å²) in [4.78, 5) is 3.94. The van der Waals surface area contributed by atoms with Crippen LogP contribution in [0.4, 0.5) is 18.9 Å². The van der Waals surface area contributed by atoms with E-state index in [0.29, 0.717) is 5.69 Å². The first kappa shape index (κ1) is 12.4. The van der Waals surface area contributed by atoms with Crippen molar-refractivity contribution >= 4 is 5.69 Å². The number of halogens is 3. The number of hydrogen-bond acceptors (Lipinski definition) is 3. The molecule has 18 heavy (non-hydrogen) atoms. The smallest absolute Gasteiger partial charge is 0.324 e. The van der Waals surface area contributed by atoms with Crippen molar-refractivity contribution in [2.24, 2.45) is 5.84 Å². The maximum atomic E-state index is 12.8. The number of nitrogens with one attached hydrogen (secondary N) is 1. The van der Waals surface area contributed by atoms with Crippen molar-refractivity contribution in [1.82, 2.24) is 4.98 Å². The Morgan fingerprint density at radius 3 is 2.50 bits per heavy atom. The fourth-order valence-corrected chi connectivity index (χ4v) is 1.62. The largest absolute Gasteiger partial charge is 0.417 e. The van der Waals surface area contributed by atoms with Crippen LogP contribution < -0.4 is 11.3 Å². The molecular formula is C12H10F3N3. The lowest BCUT2D eigenvalue weighted by atomic mass is 10.0. The quantitative estimate of drug-likeness (QED) is 0.638. The van der Waals surface area contributed by atoms with Gasteiger partial charge in [-0.15, -0.1) is 0 Å². The predicted octanol–water partition coefficient (Wildman–Crippen LogP) is 3.05. The highest BCUT2D eigenvalue weighted by Crippen LogP contribution is 2.36. The van der Waals surface area contributed by atoms with Crippen LogP contribution in [0.1, 0.15) is 5.56 Å². The molecule has 0 bridgehead atoms. The monoisotopic (exact) mass is 253 g/mol. The summed E-state index contributed by atoms with van der Waals surface area (Å²) >= 11 is 0. The van der Waals surface area contributed by atoms with E-state index in [4.69, 9.17) is 5.84 Å². The molecule has 94 valence electrons. The van der Waals surface area contributed by atoms with Crippen molar-refractivity contribution in [1.29, 1.82) is 0 Å². The highest BCUT2D eigenvalue weighted by atomic mass is 19.4. The van der Waals surface area contributed by atoms with Crippen LogP contribution in [0.25, 0.3) is 11.3 Å². The zero-order valence-electron chi connectivity index (χ0n) is 9.20. The van der Waals surface area contributed by atoms with Gasteiger partial charge in [-0.25, -0.2) is 0 Å². The van der Waals surface area contributed by atoms with Gasteiger partial charge < -0.3 is 5.43 Å². The van der Waals surface area contributed by atoms with E-state index in [9.17, 15) is 13.2 Å². The molecule has 0 aliphatic rings. The van der Waals surface area contributed by atoms with Crippen LogP contribution in [0, 0.1) is 0 Å². The highest BCUT2D eigenvalue weighted by Gasteiger charge is 2.33. The summed E-state index contributed by atoms with van der Waals surface area (Å²) in [6, 6.07) is 8.32.